The molecule has 2 aromatic rings. The van der Waals surface area contributed by atoms with Crippen molar-refractivity contribution in [2.75, 3.05) is 24.5 Å². The van der Waals surface area contributed by atoms with E-state index in [1.807, 2.05) is 23.1 Å². The first kappa shape index (κ1) is 16.1. The number of carbonyl (C=O) groups is 1. The maximum absolute atomic E-state index is 12.8. The van der Waals surface area contributed by atoms with Crippen molar-refractivity contribution in [3.8, 4) is 0 Å². The van der Waals surface area contributed by atoms with Gasteiger partial charge in [-0.3, -0.25) is 4.79 Å². The van der Waals surface area contributed by atoms with Gasteiger partial charge in [-0.05, 0) is 42.5 Å². The third-order valence-corrected chi connectivity index (χ3v) is 5.30. The summed E-state index contributed by atoms with van der Waals surface area (Å²) in [6.07, 6.45) is 5.69. The summed E-state index contributed by atoms with van der Waals surface area (Å²) in [4.78, 5) is 21.8. The summed E-state index contributed by atoms with van der Waals surface area (Å²) in [7, 11) is 0. The lowest BCUT2D eigenvalue weighted by Gasteiger charge is -2.30. The molecule has 4 rings (SSSR count). The van der Waals surface area contributed by atoms with Gasteiger partial charge in [0.05, 0.1) is 0 Å². The van der Waals surface area contributed by atoms with E-state index in [0.29, 0.717) is 5.69 Å². The Morgan fingerprint density at radius 3 is 2.40 bits per heavy atom. The van der Waals surface area contributed by atoms with E-state index in [-0.39, 0.29) is 5.91 Å². The average molecular weight is 335 g/mol. The van der Waals surface area contributed by atoms with E-state index in [1.165, 1.54) is 24.0 Å². The van der Waals surface area contributed by atoms with Crippen molar-refractivity contribution in [3.63, 3.8) is 0 Å². The fourth-order valence-corrected chi connectivity index (χ4v) is 3.85. The number of aromatic nitrogens is 1. The molecular formula is C21H25N3O. The molecule has 2 aliphatic rings. The predicted molar refractivity (Wildman–Crippen MR) is 99.8 cm³/mol. The van der Waals surface area contributed by atoms with Crippen LogP contribution in [0.3, 0.4) is 0 Å². The van der Waals surface area contributed by atoms with Crippen molar-refractivity contribution < 1.29 is 4.79 Å². The normalized spacial score (nSPS) is 17.8. The third-order valence-electron chi connectivity index (χ3n) is 5.30. The summed E-state index contributed by atoms with van der Waals surface area (Å²) < 4.78 is 0. The molecule has 1 aromatic carbocycles. The van der Waals surface area contributed by atoms with Crippen LogP contribution in [-0.4, -0.2) is 35.4 Å². The van der Waals surface area contributed by atoms with Crippen molar-refractivity contribution in [2.24, 2.45) is 0 Å². The quantitative estimate of drug-likeness (QED) is 0.840. The van der Waals surface area contributed by atoms with Gasteiger partial charge in [-0.1, -0.05) is 43.2 Å². The standard InChI is InChI=1S/C21H25N3O/c25-21(23-13-5-1-2-6-14-23)19-10-7-11-20(22-19)24-15-12-17-8-3-4-9-18(17)16-24/h3-4,7-11H,1-2,5-6,12-16H2. The number of carbonyl (C=O) groups excluding carboxylic acids is 1. The van der Waals surface area contributed by atoms with Gasteiger partial charge in [0.25, 0.3) is 5.91 Å². The topological polar surface area (TPSA) is 36.4 Å². The van der Waals surface area contributed by atoms with Gasteiger partial charge >= 0.3 is 0 Å². The zero-order chi connectivity index (χ0) is 17.1. The maximum Gasteiger partial charge on any atom is 0.272 e. The van der Waals surface area contributed by atoms with E-state index in [4.69, 9.17) is 4.98 Å². The first-order valence-corrected chi connectivity index (χ1v) is 9.39. The smallest absolute Gasteiger partial charge is 0.272 e. The summed E-state index contributed by atoms with van der Waals surface area (Å²) in [6.45, 7) is 3.54. The molecule has 1 amide bonds. The van der Waals surface area contributed by atoms with Crippen LogP contribution in [0.4, 0.5) is 5.82 Å². The van der Waals surface area contributed by atoms with E-state index >= 15 is 0 Å². The van der Waals surface area contributed by atoms with Gasteiger partial charge in [-0.25, -0.2) is 4.98 Å². The lowest BCUT2D eigenvalue weighted by Crippen LogP contribution is -2.34. The molecule has 0 radical (unpaired) electrons. The van der Waals surface area contributed by atoms with E-state index in [1.54, 1.807) is 0 Å². The molecule has 0 N–H and O–H groups in total. The Morgan fingerprint density at radius 2 is 1.60 bits per heavy atom. The number of anilines is 1. The van der Waals surface area contributed by atoms with E-state index in [9.17, 15) is 4.79 Å². The van der Waals surface area contributed by atoms with Crippen LogP contribution in [0.15, 0.2) is 42.5 Å². The number of likely N-dealkylation sites (tertiary alicyclic amines) is 1. The Bertz CT molecular complexity index is 750. The molecule has 0 atom stereocenters. The van der Waals surface area contributed by atoms with Crippen LogP contribution in [0.5, 0.6) is 0 Å². The lowest BCUT2D eigenvalue weighted by atomic mass is 10.00. The molecule has 0 saturated carbocycles. The molecule has 0 bridgehead atoms. The van der Waals surface area contributed by atoms with Crippen LogP contribution in [0.2, 0.25) is 0 Å². The van der Waals surface area contributed by atoms with Gasteiger partial charge < -0.3 is 9.80 Å². The molecular weight excluding hydrogens is 310 g/mol. The molecule has 3 heterocycles. The number of hydrogen-bond acceptors (Lipinski definition) is 3. The number of pyridine rings is 1. The Kier molecular flexibility index (Phi) is 4.68. The van der Waals surface area contributed by atoms with Crippen LogP contribution in [0.1, 0.15) is 47.3 Å². The third kappa shape index (κ3) is 3.53. The van der Waals surface area contributed by atoms with Gasteiger partial charge in [0.1, 0.15) is 11.5 Å². The minimum absolute atomic E-state index is 0.0844. The Balaban J connectivity index is 1.52. The predicted octanol–water partition coefficient (Wildman–Crippen LogP) is 3.66. The largest absolute Gasteiger partial charge is 0.352 e. The minimum Gasteiger partial charge on any atom is -0.352 e. The van der Waals surface area contributed by atoms with Crippen LogP contribution in [0, 0.1) is 0 Å². The Hall–Kier alpha value is -2.36. The maximum atomic E-state index is 12.8. The van der Waals surface area contributed by atoms with E-state index < -0.39 is 0 Å². The summed E-state index contributed by atoms with van der Waals surface area (Å²) >= 11 is 0. The highest BCUT2D eigenvalue weighted by atomic mass is 16.2. The van der Waals surface area contributed by atoms with Crippen molar-refractivity contribution in [1.29, 1.82) is 0 Å². The highest BCUT2D eigenvalue weighted by molar-refractivity contribution is 5.92. The molecule has 0 spiro atoms. The van der Waals surface area contributed by atoms with Gasteiger partial charge in [0.2, 0.25) is 0 Å². The van der Waals surface area contributed by atoms with Gasteiger partial charge in [-0.15, -0.1) is 0 Å². The van der Waals surface area contributed by atoms with Crippen LogP contribution in [-0.2, 0) is 13.0 Å². The monoisotopic (exact) mass is 335 g/mol. The van der Waals surface area contributed by atoms with E-state index in [0.717, 1.165) is 51.3 Å². The average Bonchev–Trinajstić information content (AvgIpc) is 2.96. The zero-order valence-electron chi connectivity index (χ0n) is 14.7. The number of benzene rings is 1. The van der Waals surface area contributed by atoms with Gasteiger partial charge in [-0.2, -0.15) is 0 Å². The first-order chi connectivity index (χ1) is 12.3. The molecule has 25 heavy (non-hydrogen) atoms. The summed E-state index contributed by atoms with van der Waals surface area (Å²) in [5.74, 6) is 0.997. The molecule has 0 aliphatic carbocycles. The SMILES string of the molecule is O=C(c1cccc(N2CCc3ccccc3C2)n1)N1CCCCCC1. The number of rotatable bonds is 2. The number of nitrogens with zero attached hydrogens (tertiary/aromatic N) is 3. The molecule has 4 nitrogen and oxygen atoms in total. The first-order valence-electron chi connectivity index (χ1n) is 9.39. The van der Waals surface area contributed by atoms with Crippen molar-refractivity contribution in [1.82, 2.24) is 9.88 Å². The van der Waals surface area contributed by atoms with Gasteiger partial charge in [0.15, 0.2) is 0 Å². The summed E-state index contributed by atoms with van der Waals surface area (Å²) in [5.41, 5.74) is 3.37. The fraction of sp³-hybridized carbons (Fsp3) is 0.429. The molecule has 0 unspecified atom stereocenters. The van der Waals surface area contributed by atoms with Crippen LogP contribution >= 0.6 is 0 Å². The van der Waals surface area contributed by atoms with E-state index in [2.05, 4.69) is 29.2 Å². The molecule has 130 valence electrons. The van der Waals surface area contributed by atoms with Crippen LogP contribution < -0.4 is 4.90 Å². The van der Waals surface area contributed by atoms with Crippen molar-refractivity contribution in [3.05, 3.63) is 59.3 Å². The molecule has 1 saturated heterocycles. The van der Waals surface area contributed by atoms with Crippen LogP contribution in [0.25, 0.3) is 0 Å². The van der Waals surface area contributed by atoms with Gasteiger partial charge in [0, 0.05) is 26.2 Å². The second-order valence-corrected chi connectivity index (χ2v) is 7.03. The lowest BCUT2D eigenvalue weighted by molar-refractivity contribution is 0.0756. The zero-order valence-corrected chi connectivity index (χ0v) is 14.7. The highest BCUT2D eigenvalue weighted by Gasteiger charge is 2.21. The summed E-state index contributed by atoms with van der Waals surface area (Å²) in [5, 5.41) is 0. The Morgan fingerprint density at radius 1 is 0.840 bits per heavy atom. The highest BCUT2D eigenvalue weighted by Crippen LogP contribution is 2.23. The molecule has 1 fully saturated rings. The van der Waals surface area contributed by atoms with Crippen molar-refractivity contribution >= 4 is 11.7 Å². The number of fused-ring (bicyclic) bond motifs is 1. The molecule has 4 heteroatoms. The number of hydrogen-bond donors (Lipinski definition) is 0. The minimum atomic E-state index is 0.0844. The molecule has 2 aliphatic heterocycles. The second-order valence-electron chi connectivity index (χ2n) is 7.03. The second kappa shape index (κ2) is 7.26. The molecule has 1 aromatic heterocycles. The number of amides is 1. The van der Waals surface area contributed by atoms with Crippen molar-refractivity contribution in [2.45, 2.75) is 38.6 Å². The summed E-state index contributed by atoms with van der Waals surface area (Å²) in [6, 6.07) is 14.4. The Labute approximate surface area is 149 Å². The fourth-order valence-electron chi connectivity index (χ4n) is 3.85.